The first-order chi connectivity index (χ1) is 8.41. The Labute approximate surface area is 113 Å². The summed E-state index contributed by atoms with van der Waals surface area (Å²) >= 11 is 0. The highest BCUT2D eigenvalue weighted by Crippen LogP contribution is 2.35. The lowest BCUT2D eigenvalue weighted by Gasteiger charge is -2.24. The Morgan fingerprint density at radius 1 is 1.28 bits per heavy atom. The molecular formula is C15H24N2S. The van der Waals surface area contributed by atoms with Gasteiger partial charge in [-0.15, -0.1) is 0 Å². The third-order valence-corrected chi connectivity index (χ3v) is 4.84. The lowest BCUT2D eigenvalue weighted by atomic mass is 10.2. The summed E-state index contributed by atoms with van der Waals surface area (Å²) in [7, 11) is -0.100. The molecule has 2 heterocycles. The second kappa shape index (κ2) is 5.70. The molecule has 0 bridgehead atoms. The minimum Gasteiger partial charge on any atom is -0.281 e. The first-order valence-corrected chi connectivity index (χ1v) is 7.73. The van der Waals surface area contributed by atoms with Crippen molar-refractivity contribution in [2.45, 2.75) is 46.3 Å². The number of hydrogen-bond acceptors (Lipinski definition) is 1. The third-order valence-electron chi connectivity index (χ3n) is 2.68. The maximum atomic E-state index is 4.47. The Kier molecular flexibility index (Phi) is 4.74. The van der Waals surface area contributed by atoms with E-state index in [9.17, 15) is 0 Å². The first kappa shape index (κ1) is 15.0. The lowest BCUT2D eigenvalue weighted by molar-refractivity contribution is 0.796. The summed E-state index contributed by atoms with van der Waals surface area (Å²) < 4.78 is 2.38. The molecule has 1 atom stereocenters. The molecule has 100 valence electrons. The summed E-state index contributed by atoms with van der Waals surface area (Å²) in [5.41, 5.74) is 2.32. The van der Waals surface area contributed by atoms with Gasteiger partial charge in [0.2, 0.25) is 0 Å². The molecule has 0 aliphatic heterocycles. The fourth-order valence-electron chi connectivity index (χ4n) is 1.65. The fraction of sp³-hybridized carbons (Fsp3) is 0.467. The molecule has 0 radical (unpaired) electrons. The van der Waals surface area contributed by atoms with Gasteiger partial charge in [0.05, 0.1) is 0 Å². The van der Waals surface area contributed by atoms with E-state index in [4.69, 9.17) is 0 Å². The largest absolute Gasteiger partial charge is 0.281 e. The minimum atomic E-state index is -0.100. The molecule has 2 rings (SSSR count). The number of fused-ring (bicyclic) bond motifs is 1. The van der Waals surface area contributed by atoms with Crippen LogP contribution in [0.15, 0.2) is 24.5 Å². The number of rotatable bonds is 1. The topological polar surface area (TPSA) is 17.8 Å². The van der Waals surface area contributed by atoms with Gasteiger partial charge in [-0.25, -0.2) is 4.98 Å². The molecule has 3 heteroatoms. The van der Waals surface area contributed by atoms with E-state index in [1.165, 1.54) is 10.9 Å². The Balaban J connectivity index is 0.000000771. The average molecular weight is 264 g/mol. The second-order valence-corrected chi connectivity index (χ2v) is 7.34. The molecular weight excluding hydrogens is 240 g/mol. The molecule has 0 aliphatic carbocycles. The highest BCUT2D eigenvalue weighted by atomic mass is 32.2. The molecule has 1 unspecified atom stereocenters. The molecule has 0 N–H and O–H groups in total. The van der Waals surface area contributed by atoms with E-state index in [1.54, 1.807) is 0 Å². The summed E-state index contributed by atoms with van der Waals surface area (Å²) in [4.78, 5) is 4.47. The van der Waals surface area contributed by atoms with E-state index in [1.807, 2.05) is 26.1 Å². The zero-order chi connectivity index (χ0) is 13.9. The van der Waals surface area contributed by atoms with Gasteiger partial charge in [-0.2, -0.15) is 0 Å². The van der Waals surface area contributed by atoms with E-state index in [2.05, 4.69) is 54.8 Å². The molecule has 2 nitrogen and oxygen atoms in total. The SMILES string of the molecule is C=S(n1cc(C)c2cccnc21)C(C)(C)C.CC. The van der Waals surface area contributed by atoms with Crippen molar-refractivity contribution in [1.29, 1.82) is 0 Å². The van der Waals surface area contributed by atoms with E-state index in [0.29, 0.717) is 0 Å². The van der Waals surface area contributed by atoms with Gasteiger partial charge >= 0.3 is 0 Å². The highest BCUT2D eigenvalue weighted by molar-refractivity contribution is 8.14. The molecule has 0 saturated heterocycles. The predicted molar refractivity (Wildman–Crippen MR) is 85.7 cm³/mol. The molecule has 0 saturated carbocycles. The standard InChI is InChI=1S/C13H18N2S.C2H6/c1-10-9-15(16(5)13(2,3)4)12-11(10)7-6-8-14-12;1-2/h6-9H,5H2,1-4H3;1-2H3. The summed E-state index contributed by atoms with van der Waals surface area (Å²) in [5.74, 6) is 4.29. The Bertz CT molecular complexity index is 547. The van der Waals surface area contributed by atoms with E-state index in [-0.39, 0.29) is 15.4 Å². The second-order valence-electron chi connectivity index (χ2n) is 4.99. The number of nitrogens with zero attached hydrogens (tertiary/aromatic N) is 2. The highest BCUT2D eigenvalue weighted by Gasteiger charge is 2.18. The lowest BCUT2D eigenvalue weighted by Crippen LogP contribution is -2.14. The molecule has 18 heavy (non-hydrogen) atoms. The average Bonchev–Trinajstić information content (AvgIpc) is 2.68. The van der Waals surface area contributed by atoms with Gasteiger partial charge in [0.25, 0.3) is 0 Å². The summed E-state index contributed by atoms with van der Waals surface area (Å²) in [6.07, 6.45) is 4.01. The Hall–Kier alpha value is -1.09. The van der Waals surface area contributed by atoms with Crippen molar-refractivity contribution in [3.63, 3.8) is 0 Å². The normalized spacial score (nSPS) is 13.0. The van der Waals surface area contributed by atoms with Crippen LogP contribution in [0.5, 0.6) is 0 Å². The molecule has 0 fully saturated rings. The molecule has 2 aromatic rings. The van der Waals surface area contributed by atoms with Crippen molar-refractivity contribution in [1.82, 2.24) is 8.96 Å². The molecule has 0 spiro atoms. The van der Waals surface area contributed by atoms with Crippen molar-refractivity contribution >= 4 is 27.6 Å². The molecule has 2 aromatic heterocycles. The molecule has 0 aliphatic rings. The van der Waals surface area contributed by atoms with Gasteiger partial charge < -0.3 is 0 Å². The zero-order valence-corrected chi connectivity index (χ0v) is 13.1. The van der Waals surface area contributed by atoms with Crippen LogP contribution in [0.1, 0.15) is 40.2 Å². The van der Waals surface area contributed by atoms with Crippen LogP contribution in [0, 0.1) is 6.92 Å². The van der Waals surface area contributed by atoms with Crippen LogP contribution in [0.25, 0.3) is 11.0 Å². The van der Waals surface area contributed by atoms with E-state index in [0.717, 1.165) is 5.65 Å². The van der Waals surface area contributed by atoms with Gasteiger partial charge in [0, 0.05) is 22.5 Å². The van der Waals surface area contributed by atoms with E-state index < -0.39 is 0 Å². The maximum absolute atomic E-state index is 4.47. The Morgan fingerprint density at radius 2 is 1.89 bits per heavy atom. The number of aryl methyl sites for hydroxylation is 1. The molecule has 0 amide bonds. The first-order valence-electron chi connectivity index (χ1n) is 6.38. The predicted octanol–water partition coefficient (Wildman–Crippen LogP) is 4.63. The maximum Gasteiger partial charge on any atom is 0.149 e. The number of aromatic nitrogens is 2. The zero-order valence-electron chi connectivity index (χ0n) is 12.3. The molecule has 0 aromatic carbocycles. The van der Waals surface area contributed by atoms with Gasteiger partial charge in [-0.3, -0.25) is 3.97 Å². The van der Waals surface area contributed by atoms with Gasteiger partial charge in [0.1, 0.15) is 5.65 Å². The summed E-state index contributed by atoms with van der Waals surface area (Å²) in [6, 6.07) is 4.10. The smallest absolute Gasteiger partial charge is 0.149 e. The van der Waals surface area contributed by atoms with Crippen LogP contribution in [-0.4, -0.2) is 19.6 Å². The van der Waals surface area contributed by atoms with E-state index >= 15 is 0 Å². The van der Waals surface area contributed by atoms with Crippen molar-refractivity contribution in [2.24, 2.45) is 0 Å². The number of pyridine rings is 1. The van der Waals surface area contributed by atoms with Gasteiger partial charge in [-0.1, -0.05) is 30.4 Å². The van der Waals surface area contributed by atoms with Gasteiger partial charge in [-0.05, 0) is 45.4 Å². The van der Waals surface area contributed by atoms with Crippen molar-refractivity contribution in [3.8, 4) is 0 Å². The third kappa shape index (κ3) is 2.83. The van der Waals surface area contributed by atoms with Crippen LogP contribution in [0.3, 0.4) is 0 Å². The number of hydrogen-bond donors (Lipinski definition) is 0. The monoisotopic (exact) mass is 264 g/mol. The quantitative estimate of drug-likeness (QED) is 0.686. The Morgan fingerprint density at radius 3 is 2.44 bits per heavy atom. The van der Waals surface area contributed by atoms with Crippen LogP contribution in [-0.2, 0) is 0 Å². The minimum absolute atomic E-state index is 0.100. The summed E-state index contributed by atoms with van der Waals surface area (Å²) in [5, 5.41) is 1.23. The van der Waals surface area contributed by atoms with Crippen molar-refractivity contribution < 1.29 is 0 Å². The van der Waals surface area contributed by atoms with Crippen LogP contribution in [0.2, 0.25) is 0 Å². The van der Waals surface area contributed by atoms with Gasteiger partial charge in [0.15, 0.2) is 0 Å². The van der Waals surface area contributed by atoms with Crippen LogP contribution in [0.4, 0.5) is 0 Å². The van der Waals surface area contributed by atoms with Crippen molar-refractivity contribution in [3.05, 3.63) is 30.1 Å². The van der Waals surface area contributed by atoms with Crippen molar-refractivity contribution in [2.75, 3.05) is 0 Å². The van der Waals surface area contributed by atoms with Crippen LogP contribution >= 0.6 is 10.7 Å². The van der Waals surface area contributed by atoms with Crippen LogP contribution < -0.4 is 0 Å². The summed E-state index contributed by atoms with van der Waals surface area (Å²) in [6.45, 7) is 12.8. The fourth-order valence-corrected chi connectivity index (χ4v) is 2.88.